The van der Waals surface area contributed by atoms with Crippen LogP contribution in [-0.2, 0) is 0 Å². The van der Waals surface area contributed by atoms with E-state index in [1.54, 1.807) is 0 Å². The highest BCUT2D eigenvalue weighted by Crippen LogP contribution is 2.12. The minimum Gasteiger partial charge on any atom is -0.316 e. The van der Waals surface area contributed by atoms with Crippen LogP contribution in [0.15, 0.2) is 0 Å². The molecule has 114 valence electrons. The van der Waals surface area contributed by atoms with Crippen LogP contribution in [0.25, 0.3) is 0 Å². The van der Waals surface area contributed by atoms with E-state index in [-0.39, 0.29) is 0 Å². The van der Waals surface area contributed by atoms with Crippen molar-refractivity contribution in [3.63, 3.8) is 0 Å². The van der Waals surface area contributed by atoms with Gasteiger partial charge in [0.25, 0.3) is 0 Å². The van der Waals surface area contributed by atoms with Crippen LogP contribution in [0, 0.1) is 5.92 Å². The maximum absolute atomic E-state index is 3.54. The first-order chi connectivity index (χ1) is 9.13. The number of rotatable bonds is 8. The number of nitrogens with one attached hydrogen (secondary N) is 1. The molecule has 0 aromatic rings. The number of unbranched alkanes of at least 4 members (excludes halogenated alkanes) is 1. The van der Waals surface area contributed by atoms with E-state index in [2.05, 4.69) is 42.9 Å². The third kappa shape index (κ3) is 7.28. The summed E-state index contributed by atoms with van der Waals surface area (Å²) in [7, 11) is 2.27. The quantitative estimate of drug-likeness (QED) is 0.683. The summed E-state index contributed by atoms with van der Waals surface area (Å²) in [4.78, 5) is 5.23. The molecule has 1 unspecified atom stereocenters. The van der Waals surface area contributed by atoms with Crippen LogP contribution in [0.3, 0.4) is 0 Å². The average molecular weight is 269 g/mol. The van der Waals surface area contributed by atoms with Gasteiger partial charge in [-0.3, -0.25) is 4.90 Å². The Kier molecular flexibility index (Phi) is 8.67. The van der Waals surface area contributed by atoms with Crippen molar-refractivity contribution in [1.82, 2.24) is 15.1 Å². The number of likely N-dealkylation sites (N-methyl/N-ethyl adjacent to an activating group) is 1. The van der Waals surface area contributed by atoms with Crippen molar-refractivity contribution in [3.05, 3.63) is 0 Å². The molecule has 0 amide bonds. The molecule has 1 saturated heterocycles. The molecule has 0 radical (unpaired) electrons. The smallest absolute Gasteiger partial charge is 0.0220 e. The Balaban J connectivity index is 2.15. The topological polar surface area (TPSA) is 18.5 Å². The van der Waals surface area contributed by atoms with Crippen molar-refractivity contribution >= 4 is 0 Å². The van der Waals surface area contributed by atoms with Gasteiger partial charge in [-0.25, -0.2) is 0 Å². The largest absolute Gasteiger partial charge is 0.316 e. The molecule has 1 aliphatic heterocycles. The highest BCUT2D eigenvalue weighted by molar-refractivity contribution is 4.77. The Labute approximate surface area is 120 Å². The minimum atomic E-state index is 0.769. The van der Waals surface area contributed by atoms with Gasteiger partial charge in [-0.1, -0.05) is 20.8 Å². The van der Waals surface area contributed by atoms with Crippen molar-refractivity contribution in [1.29, 1.82) is 0 Å². The van der Waals surface area contributed by atoms with Crippen LogP contribution in [0.1, 0.15) is 46.5 Å². The van der Waals surface area contributed by atoms with Gasteiger partial charge in [-0.15, -0.1) is 0 Å². The molecule has 0 spiro atoms. The fraction of sp³-hybridized carbons (Fsp3) is 1.00. The number of hydrogen-bond acceptors (Lipinski definition) is 3. The summed E-state index contributed by atoms with van der Waals surface area (Å²) in [6.07, 6.45) is 5.27. The molecule has 1 N–H and O–H groups in total. The maximum Gasteiger partial charge on any atom is 0.0220 e. The van der Waals surface area contributed by atoms with Crippen LogP contribution in [-0.4, -0.2) is 62.2 Å². The first kappa shape index (κ1) is 16.9. The fourth-order valence-electron chi connectivity index (χ4n) is 2.93. The van der Waals surface area contributed by atoms with Crippen molar-refractivity contribution < 1.29 is 0 Å². The molecule has 19 heavy (non-hydrogen) atoms. The summed E-state index contributed by atoms with van der Waals surface area (Å²) in [5.41, 5.74) is 0. The summed E-state index contributed by atoms with van der Waals surface area (Å²) in [5.74, 6) is 0.769. The predicted molar refractivity (Wildman–Crippen MR) is 84.7 cm³/mol. The van der Waals surface area contributed by atoms with Gasteiger partial charge in [0, 0.05) is 12.6 Å². The maximum atomic E-state index is 3.54. The van der Waals surface area contributed by atoms with Gasteiger partial charge >= 0.3 is 0 Å². The van der Waals surface area contributed by atoms with Gasteiger partial charge in [-0.2, -0.15) is 0 Å². The summed E-state index contributed by atoms with van der Waals surface area (Å²) in [6.45, 7) is 14.3. The Morgan fingerprint density at radius 1 is 1.21 bits per heavy atom. The SMILES string of the molecule is CCC1CN(C)CCCN1CCCCNCC(C)C. The second-order valence-corrected chi connectivity index (χ2v) is 6.52. The molecule has 0 bridgehead atoms. The Morgan fingerprint density at radius 3 is 2.68 bits per heavy atom. The standard InChI is InChI=1S/C16H35N3/c1-5-16-14-18(4)10-8-12-19(16)11-7-6-9-17-13-15(2)3/h15-17H,5-14H2,1-4H3. The predicted octanol–water partition coefficient (Wildman–Crippen LogP) is 2.43. The Bertz CT molecular complexity index is 218. The lowest BCUT2D eigenvalue weighted by molar-refractivity contribution is 0.180. The Morgan fingerprint density at radius 2 is 2.00 bits per heavy atom. The Hall–Kier alpha value is -0.120. The highest BCUT2D eigenvalue weighted by Gasteiger charge is 2.20. The van der Waals surface area contributed by atoms with Crippen molar-refractivity contribution in [2.75, 3.05) is 46.3 Å². The zero-order chi connectivity index (χ0) is 14.1. The van der Waals surface area contributed by atoms with E-state index in [9.17, 15) is 0 Å². The second-order valence-electron chi connectivity index (χ2n) is 6.52. The molecule has 1 atom stereocenters. The van der Waals surface area contributed by atoms with Gasteiger partial charge in [0.1, 0.15) is 0 Å². The van der Waals surface area contributed by atoms with E-state index in [1.807, 2.05) is 0 Å². The van der Waals surface area contributed by atoms with Gasteiger partial charge in [0.15, 0.2) is 0 Å². The van der Waals surface area contributed by atoms with E-state index in [0.29, 0.717) is 0 Å². The molecular formula is C16H35N3. The molecule has 0 aliphatic carbocycles. The molecule has 1 rings (SSSR count). The summed E-state index contributed by atoms with van der Waals surface area (Å²) in [6, 6.07) is 0.774. The van der Waals surface area contributed by atoms with E-state index in [1.165, 1.54) is 58.4 Å². The molecule has 1 heterocycles. The summed E-state index contributed by atoms with van der Waals surface area (Å²) >= 11 is 0. The van der Waals surface area contributed by atoms with E-state index in [0.717, 1.165) is 18.5 Å². The minimum absolute atomic E-state index is 0.769. The zero-order valence-corrected chi connectivity index (χ0v) is 13.6. The number of nitrogens with zero attached hydrogens (tertiary/aromatic N) is 2. The first-order valence-electron chi connectivity index (χ1n) is 8.26. The molecular weight excluding hydrogens is 234 g/mol. The monoisotopic (exact) mass is 269 g/mol. The molecule has 0 aromatic heterocycles. The number of hydrogen-bond donors (Lipinski definition) is 1. The van der Waals surface area contributed by atoms with E-state index >= 15 is 0 Å². The lowest BCUT2D eigenvalue weighted by Crippen LogP contribution is -2.40. The van der Waals surface area contributed by atoms with E-state index in [4.69, 9.17) is 0 Å². The van der Waals surface area contributed by atoms with Crippen LogP contribution in [0.5, 0.6) is 0 Å². The molecule has 3 nitrogen and oxygen atoms in total. The first-order valence-corrected chi connectivity index (χ1v) is 8.26. The van der Waals surface area contributed by atoms with Crippen molar-refractivity contribution in [2.24, 2.45) is 5.92 Å². The van der Waals surface area contributed by atoms with Gasteiger partial charge < -0.3 is 10.2 Å². The second kappa shape index (κ2) is 9.73. The third-order valence-electron chi connectivity index (χ3n) is 4.10. The average Bonchev–Trinajstić information content (AvgIpc) is 2.54. The molecule has 3 heteroatoms. The molecule has 1 aliphatic rings. The summed E-state index contributed by atoms with van der Waals surface area (Å²) < 4.78 is 0. The van der Waals surface area contributed by atoms with Crippen molar-refractivity contribution in [3.8, 4) is 0 Å². The van der Waals surface area contributed by atoms with Gasteiger partial charge in [0.2, 0.25) is 0 Å². The van der Waals surface area contributed by atoms with Crippen LogP contribution < -0.4 is 5.32 Å². The van der Waals surface area contributed by atoms with Gasteiger partial charge in [0.05, 0.1) is 0 Å². The zero-order valence-electron chi connectivity index (χ0n) is 13.6. The lowest BCUT2D eigenvalue weighted by atomic mass is 10.1. The summed E-state index contributed by atoms with van der Waals surface area (Å²) in [5, 5.41) is 3.54. The van der Waals surface area contributed by atoms with Crippen LogP contribution >= 0.6 is 0 Å². The highest BCUT2D eigenvalue weighted by atomic mass is 15.2. The van der Waals surface area contributed by atoms with Crippen LogP contribution in [0.2, 0.25) is 0 Å². The molecule has 1 fully saturated rings. The van der Waals surface area contributed by atoms with Gasteiger partial charge in [-0.05, 0) is 71.4 Å². The normalized spacial score (nSPS) is 22.9. The fourth-order valence-corrected chi connectivity index (χ4v) is 2.93. The lowest BCUT2D eigenvalue weighted by Gasteiger charge is -2.30. The molecule has 0 aromatic carbocycles. The van der Waals surface area contributed by atoms with E-state index < -0.39 is 0 Å². The van der Waals surface area contributed by atoms with Crippen molar-refractivity contribution in [2.45, 2.75) is 52.5 Å². The third-order valence-corrected chi connectivity index (χ3v) is 4.10. The van der Waals surface area contributed by atoms with Crippen LogP contribution in [0.4, 0.5) is 0 Å². The molecule has 0 saturated carbocycles.